The molecule has 1 aliphatic rings. The molecule has 0 radical (unpaired) electrons. The van der Waals surface area contributed by atoms with Crippen molar-refractivity contribution < 1.29 is 19.0 Å². The van der Waals surface area contributed by atoms with E-state index < -0.39 is 0 Å². The van der Waals surface area contributed by atoms with E-state index in [1.807, 2.05) is 35.0 Å². The molecule has 1 saturated heterocycles. The normalized spacial score (nSPS) is 15.7. The number of nitrogens with one attached hydrogen (secondary N) is 1. The molecule has 0 saturated carbocycles. The molecule has 10 heteroatoms. The molecule has 3 heterocycles. The summed E-state index contributed by atoms with van der Waals surface area (Å²) in [6.07, 6.45) is 3.67. The van der Waals surface area contributed by atoms with Gasteiger partial charge in [0.25, 0.3) is 0 Å². The lowest BCUT2D eigenvalue weighted by molar-refractivity contribution is -0.120. The van der Waals surface area contributed by atoms with Crippen LogP contribution in [0.1, 0.15) is 12.8 Å². The van der Waals surface area contributed by atoms with Crippen LogP contribution in [-0.4, -0.2) is 54.9 Å². The van der Waals surface area contributed by atoms with Crippen molar-refractivity contribution >= 4 is 33.0 Å². The first-order chi connectivity index (χ1) is 17.1. The lowest BCUT2D eigenvalue weighted by Gasteiger charge is -2.31. The average Bonchev–Trinajstić information content (AvgIpc) is 3.49. The number of nitrogens with zero attached hydrogens (tertiary/aromatic N) is 4. The fourth-order valence-corrected chi connectivity index (χ4v) is 5.14. The van der Waals surface area contributed by atoms with Gasteiger partial charge in [-0.1, -0.05) is 11.3 Å². The highest BCUT2D eigenvalue weighted by molar-refractivity contribution is 7.20. The average molecular weight is 494 g/mol. The van der Waals surface area contributed by atoms with Crippen LogP contribution < -0.4 is 24.4 Å². The summed E-state index contributed by atoms with van der Waals surface area (Å²) in [4.78, 5) is 20.8. The van der Waals surface area contributed by atoms with Gasteiger partial charge in [0, 0.05) is 24.7 Å². The van der Waals surface area contributed by atoms with Crippen LogP contribution in [0.4, 0.5) is 10.8 Å². The van der Waals surface area contributed by atoms with Crippen molar-refractivity contribution in [2.75, 3.05) is 44.6 Å². The predicted octanol–water partition coefficient (Wildman–Crippen LogP) is 4.34. The number of hydrogen-bond acceptors (Lipinski definition) is 8. The number of hydrogen-bond donors (Lipinski definition) is 1. The highest BCUT2D eigenvalue weighted by atomic mass is 32.1. The Morgan fingerprint density at radius 2 is 1.83 bits per heavy atom. The standard InChI is InChI=1S/C25H27N5O4S/c1-32-18-8-6-16(7-9-18)21-15-30-24(27-21)35-25(28-30)29-12-4-5-17(14-29)23(31)26-20-11-10-19(33-2)13-22(20)34-3/h6-11,13,15,17H,4-5,12,14H2,1-3H3,(H,26,31). The summed E-state index contributed by atoms with van der Waals surface area (Å²) in [6, 6.07) is 13.2. The van der Waals surface area contributed by atoms with Gasteiger partial charge in [-0.2, -0.15) is 0 Å². The van der Waals surface area contributed by atoms with Crippen LogP contribution in [0.5, 0.6) is 17.2 Å². The maximum absolute atomic E-state index is 13.1. The van der Waals surface area contributed by atoms with Gasteiger partial charge in [0.15, 0.2) is 0 Å². The number of anilines is 2. The molecule has 1 aliphatic heterocycles. The Morgan fingerprint density at radius 3 is 2.54 bits per heavy atom. The lowest BCUT2D eigenvalue weighted by Crippen LogP contribution is -2.40. The van der Waals surface area contributed by atoms with Crippen molar-refractivity contribution in [3.8, 4) is 28.5 Å². The van der Waals surface area contributed by atoms with Gasteiger partial charge in [-0.15, -0.1) is 5.10 Å². The summed E-state index contributed by atoms with van der Waals surface area (Å²) in [7, 11) is 4.82. The second-order valence-corrected chi connectivity index (χ2v) is 9.24. The Labute approximate surface area is 207 Å². The van der Waals surface area contributed by atoms with Crippen molar-refractivity contribution in [3.63, 3.8) is 0 Å². The number of fused-ring (bicyclic) bond motifs is 1. The first-order valence-corrected chi connectivity index (χ1v) is 12.2. The molecule has 0 spiro atoms. The van der Waals surface area contributed by atoms with Crippen molar-refractivity contribution in [3.05, 3.63) is 48.7 Å². The molecule has 1 fully saturated rings. The fourth-order valence-electron chi connectivity index (χ4n) is 4.22. The van der Waals surface area contributed by atoms with Crippen LogP contribution >= 0.6 is 11.3 Å². The van der Waals surface area contributed by atoms with Gasteiger partial charge in [-0.3, -0.25) is 4.79 Å². The van der Waals surface area contributed by atoms with Crippen LogP contribution in [0.2, 0.25) is 0 Å². The van der Waals surface area contributed by atoms with E-state index in [4.69, 9.17) is 24.3 Å². The smallest absolute Gasteiger partial charge is 0.229 e. The van der Waals surface area contributed by atoms with E-state index in [9.17, 15) is 4.79 Å². The number of aromatic nitrogens is 3. The van der Waals surface area contributed by atoms with Crippen LogP contribution in [0, 0.1) is 5.92 Å². The predicted molar refractivity (Wildman–Crippen MR) is 136 cm³/mol. The maximum atomic E-state index is 13.1. The zero-order valence-electron chi connectivity index (χ0n) is 19.9. The minimum atomic E-state index is -0.151. The summed E-state index contributed by atoms with van der Waals surface area (Å²) in [5.74, 6) is 1.87. The Kier molecular flexibility index (Phi) is 6.45. The first kappa shape index (κ1) is 23.0. The largest absolute Gasteiger partial charge is 0.497 e. The number of imidazole rings is 1. The van der Waals surface area contributed by atoms with Crippen molar-refractivity contribution in [1.82, 2.24) is 14.6 Å². The van der Waals surface area contributed by atoms with Gasteiger partial charge in [-0.25, -0.2) is 9.50 Å². The molecule has 1 atom stereocenters. The van der Waals surface area contributed by atoms with E-state index in [1.165, 1.54) is 11.3 Å². The van der Waals surface area contributed by atoms with Crippen LogP contribution in [0.15, 0.2) is 48.7 Å². The van der Waals surface area contributed by atoms with E-state index in [-0.39, 0.29) is 11.8 Å². The fraction of sp³-hybridized carbons (Fsp3) is 0.320. The SMILES string of the molecule is COc1ccc(-c2cn3nc(N4CCCC(C(=O)Nc5ccc(OC)cc5OC)C4)sc3n2)cc1. The van der Waals surface area contributed by atoms with Gasteiger partial charge < -0.3 is 24.4 Å². The highest BCUT2D eigenvalue weighted by Gasteiger charge is 2.28. The number of carbonyl (C=O) groups excluding carboxylic acids is 1. The van der Waals surface area contributed by atoms with Crippen molar-refractivity contribution in [2.45, 2.75) is 12.8 Å². The molecule has 182 valence electrons. The number of carbonyl (C=O) groups is 1. The van der Waals surface area contributed by atoms with Crippen LogP contribution in [0.25, 0.3) is 16.2 Å². The van der Waals surface area contributed by atoms with Gasteiger partial charge in [-0.05, 0) is 49.2 Å². The quantitative estimate of drug-likeness (QED) is 0.410. The molecule has 0 aliphatic carbocycles. The lowest BCUT2D eigenvalue weighted by atomic mass is 9.97. The Hall–Kier alpha value is -3.79. The molecule has 1 unspecified atom stereocenters. The number of methoxy groups -OCH3 is 3. The monoisotopic (exact) mass is 493 g/mol. The van der Waals surface area contributed by atoms with Gasteiger partial charge in [0.05, 0.1) is 44.8 Å². The number of ether oxygens (including phenoxy) is 3. The molecule has 1 N–H and O–H groups in total. The third-order valence-electron chi connectivity index (χ3n) is 6.15. The molecule has 2 aromatic carbocycles. The molecule has 9 nitrogen and oxygen atoms in total. The summed E-state index contributed by atoms with van der Waals surface area (Å²) < 4.78 is 17.7. The molecule has 1 amide bonds. The van der Waals surface area contributed by atoms with E-state index in [0.29, 0.717) is 23.7 Å². The second-order valence-electron chi connectivity index (χ2n) is 8.31. The van der Waals surface area contributed by atoms with E-state index in [1.54, 1.807) is 39.5 Å². The molecule has 35 heavy (non-hydrogen) atoms. The minimum Gasteiger partial charge on any atom is -0.497 e. The third kappa shape index (κ3) is 4.74. The maximum Gasteiger partial charge on any atom is 0.229 e. The molecular weight excluding hydrogens is 466 g/mol. The van der Waals surface area contributed by atoms with Gasteiger partial charge in [0.2, 0.25) is 16.0 Å². The number of amides is 1. The van der Waals surface area contributed by atoms with Crippen molar-refractivity contribution in [1.29, 1.82) is 0 Å². The first-order valence-electron chi connectivity index (χ1n) is 11.4. The summed E-state index contributed by atoms with van der Waals surface area (Å²) >= 11 is 1.53. The highest BCUT2D eigenvalue weighted by Crippen LogP contribution is 2.32. The number of piperidine rings is 1. The summed E-state index contributed by atoms with van der Waals surface area (Å²) in [5.41, 5.74) is 2.50. The van der Waals surface area contributed by atoms with E-state index >= 15 is 0 Å². The summed E-state index contributed by atoms with van der Waals surface area (Å²) in [6.45, 7) is 1.46. The topological polar surface area (TPSA) is 90.2 Å². The Balaban J connectivity index is 1.28. The second kappa shape index (κ2) is 9.83. The van der Waals surface area contributed by atoms with Crippen molar-refractivity contribution in [2.24, 2.45) is 5.92 Å². The zero-order chi connectivity index (χ0) is 24.4. The molecule has 4 aromatic rings. The summed E-state index contributed by atoms with van der Waals surface area (Å²) in [5, 5.41) is 8.64. The Bertz CT molecular complexity index is 1300. The molecular formula is C25H27N5O4S. The number of benzene rings is 2. The molecule has 5 rings (SSSR count). The zero-order valence-corrected chi connectivity index (χ0v) is 20.7. The van der Waals surface area contributed by atoms with E-state index in [2.05, 4.69) is 10.2 Å². The number of rotatable bonds is 7. The molecule has 0 bridgehead atoms. The van der Waals surface area contributed by atoms with Crippen LogP contribution in [0.3, 0.4) is 0 Å². The van der Waals surface area contributed by atoms with Gasteiger partial charge in [0.1, 0.15) is 17.2 Å². The van der Waals surface area contributed by atoms with Crippen LogP contribution in [-0.2, 0) is 4.79 Å². The van der Waals surface area contributed by atoms with E-state index in [0.717, 1.165) is 46.5 Å². The van der Waals surface area contributed by atoms with Gasteiger partial charge >= 0.3 is 0 Å². The molecule has 2 aromatic heterocycles. The third-order valence-corrected chi connectivity index (χ3v) is 7.13. The Morgan fingerprint density at radius 1 is 1.06 bits per heavy atom. The minimum absolute atomic E-state index is 0.0266.